The molecule has 3 N–H and O–H groups in total. The summed E-state index contributed by atoms with van der Waals surface area (Å²) in [6.45, 7) is 0.332. The number of nitrogens with one attached hydrogen (secondary N) is 2. The van der Waals surface area contributed by atoms with Crippen molar-refractivity contribution >= 4 is 17.7 Å². The van der Waals surface area contributed by atoms with Crippen LogP contribution in [0.15, 0.2) is 12.4 Å². The van der Waals surface area contributed by atoms with Crippen LogP contribution in [0, 0.1) is 0 Å². The lowest BCUT2D eigenvalue weighted by atomic mass is 10.3. The number of amides is 2. The Morgan fingerprint density at radius 3 is 2.88 bits per heavy atom. The first-order valence-electron chi connectivity index (χ1n) is 4.83. The van der Waals surface area contributed by atoms with Crippen molar-refractivity contribution in [2.24, 2.45) is 7.05 Å². The second-order valence-corrected chi connectivity index (χ2v) is 3.28. The van der Waals surface area contributed by atoms with Gasteiger partial charge in [0.15, 0.2) is 0 Å². The molecule has 1 heterocycles. The molecule has 0 radical (unpaired) electrons. The number of hydrogen-bond donors (Lipinski definition) is 3. The van der Waals surface area contributed by atoms with Crippen molar-refractivity contribution in [2.75, 3.05) is 11.9 Å². The molecule has 2 amide bonds. The number of carbonyl (C=O) groups is 2. The molecule has 1 rings (SSSR count). The van der Waals surface area contributed by atoms with Crippen LogP contribution in [0.2, 0.25) is 0 Å². The maximum atomic E-state index is 11.3. The van der Waals surface area contributed by atoms with Crippen LogP contribution < -0.4 is 10.6 Å². The number of aliphatic carboxylic acids is 1. The van der Waals surface area contributed by atoms with Crippen LogP contribution in [0.4, 0.5) is 10.5 Å². The Kier molecular flexibility index (Phi) is 4.31. The summed E-state index contributed by atoms with van der Waals surface area (Å²) in [6.07, 6.45) is 3.65. The molecule has 0 aliphatic rings. The first-order valence-corrected chi connectivity index (χ1v) is 4.83. The lowest BCUT2D eigenvalue weighted by molar-refractivity contribution is -0.137. The van der Waals surface area contributed by atoms with Gasteiger partial charge in [-0.1, -0.05) is 0 Å². The summed E-state index contributed by atoms with van der Waals surface area (Å²) < 4.78 is 1.57. The Bertz CT molecular complexity index is 375. The van der Waals surface area contributed by atoms with E-state index in [1.165, 1.54) is 6.20 Å². The lowest BCUT2D eigenvalue weighted by Crippen LogP contribution is -2.29. The summed E-state index contributed by atoms with van der Waals surface area (Å²) in [7, 11) is 1.75. The van der Waals surface area contributed by atoms with Crippen molar-refractivity contribution in [3.05, 3.63) is 12.4 Å². The molecule has 0 fully saturated rings. The second kappa shape index (κ2) is 5.74. The van der Waals surface area contributed by atoms with Crippen LogP contribution in [0.5, 0.6) is 0 Å². The van der Waals surface area contributed by atoms with Gasteiger partial charge in [-0.3, -0.25) is 9.48 Å². The highest BCUT2D eigenvalue weighted by Crippen LogP contribution is 2.02. The van der Waals surface area contributed by atoms with Crippen LogP contribution >= 0.6 is 0 Å². The van der Waals surface area contributed by atoms with E-state index < -0.39 is 5.97 Å². The molecule has 0 atom stereocenters. The number of anilines is 1. The number of aryl methyl sites for hydroxylation is 1. The molecular formula is C9H14N4O3. The topological polar surface area (TPSA) is 96.2 Å². The Balaban J connectivity index is 2.18. The number of aromatic nitrogens is 2. The van der Waals surface area contributed by atoms with Gasteiger partial charge in [0, 0.05) is 26.2 Å². The molecule has 0 aliphatic carbocycles. The number of carboxylic acids is 1. The molecule has 0 spiro atoms. The molecule has 0 aromatic carbocycles. The number of hydrogen-bond acceptors (Lipinski definition) is 3. The molecule has 1 aromatic rings. The van der Waals surface area contributed by atoms with E-state index in [9.17, 15) is 9.59 Å². The van der Waals surface area contributed by atoms with Gasteiger partial charge in [-0.25, -0.2) is 4.79 Å². The molecular weight excluding hydrogens is 212 g/mol. The molecule has 0 bridgehead atoms. The fraction of sp³-hybridized carbons (Fsp3) is 0.444. The van der Waals surface area contributed by atoms with Gasteiger partial charge in [-0.2, -0.15) is 5.10 Å². The van der Waals surface area contributed by atoms with E-state index in [2.05, 4.69) is 15.7 Å². The number of carboxylic acid groups (broad SMARTS) is 1. The van der Waals surface area contributed by atoms with Gasteiger partial charge in [0.1, 0.15) is 0 Å². The zero-order valence-electron chi connectivity index (χ0n) is 8.93. The van der Waals surface area contributed by atoms with E-state index >= 15 is 0 Å². The standard InChI is InChI=1S/C9H14N4O3/c1-13-6-7(5-11-13)12-9(16)10-4-2-3-8(14)15/h5-6H,2-4H2,1H3,(H,14,15)(H2,10,12,16). The second-order valence-electron chi connectivity index (χ2n) is 3.28. The first-order chi connectivity index (χ1) is 7.58. The van der Waals surface area contributed by atoms with Crippen molar-refractivity contribution in [2.45, 2.75) is 12.8 Å². The summed E-state index contributed by atoms with van der Waals surface area (Å²) >= 11 is 0. The fourth-order valence-electron chi connectivity index (χ4n) is 1.10. The van der Waals surface area contributed by atoms with Crippen LogP contribution in [-0.2, 0) is 11.8 Å². The number of rotatable bonds is 5. The largest absolute Gasteiger partial charge is 0.481 e. The van der Waals surface area contributed by atoms with Crippen molar-refractivity contribution in [1.29, 1.82) is 0 Å². The summed E-state index contributed by atoms with van der Waals surface area (Å²) in [6, 6.07) is -0.363. The van der Waals surface area contributed by atoms with Gasteiger partial charge in [0.25, 0.3) is 0 Å². The molecule has 1 aromatic heterocycles. The summed E-state index contributed by atoms with van der Waals surface area (Å²) in [5.74, 6) is -0.866. The third-order valence-electron chi connectivity index (χ3n) is 1.82. The number of carbonyl (C=O) groups excluding carboxylic acids is 1. The maximum absolute atomic E-state index is 11.3. The van der Waals surface area contributed by atoms with Gasteiger partial charge in [-0.15, -0.1) is 0 Å². The molecule has 88 valence electrons. The Labute approximate surface area is 92.4 Å². The molecule has 7 nitrogen and oxygen atoms in total. The third kappa shape index (κ3) is 4.45. The van der Waals surface area contributed by atoms with Crippen LogP contribution in [-0.4, -0.2) is 33.4 Å². The van der Waals surface area contributed by atoms with E-state index in [0.29, 0.717) is 18.7 Å². The molecule has 0 aliphatic heterocycles. The average Bonchev–Trinajstić information content (AvgIpc) is 2.58. The SMILES string of the molecule is Cn1cc(NC(=O)NCCCC(=O)O)cn1. The first kappa shape index (κ1) is 12.0. The highest BCUT2D eigenvalue weighted by Gasteiger charge is 2.03. The van der Waals surface area contributed by atoms with E-state index in [4.69, 9.17) is 5.11 Å². The summed E-state index contributed by atoms with van der Waals surface area (Å²) in [4.78, 5) is 21.5. The maximum Gasteiger partial charge on any atom is 0.319 e. The fourth-order valence-corrected chi connectivity index (χ4v) is 1.10. The van der Waals surface area contributed by atoms with Gasteiger partial charge in [0.05, 0.1) is 11.9 Å². The highest BCUT2D eigenvalue weighted by molar-refractivity contribution is 5.88. The Morgan fingerprint density at radius 1 is 1.56 bits per heavy atom. The molecule has 7 heteroatoms. The monoisotopic (exact) mass is 226 g/mol. The van der Waals surface area contributed by atoms with Crippen molar-refractivity contribution in [3.63, 3.8) is 0 Å². The van der Waals surface area contributed by atoms with Gasteiger partial charge in [0.2, 0.25) is 0 Å². The third-order valence-corrected chi connectivity index (χ3v) is 1.82. The van der Waals surface area contributed by atoms with E-state index in [0.717, 1.165) is 0 Å². The van der Waals surface area contributed by atoms with Crippen molar-refractivity contribution in [1.82, 2.24) is 15.1 Å². The molecule has 0 saturated carbocycles. The zero-order valence-corrected chi connectivity index (χ0v) is 8.93. The smallest absolute Gasteiger partial charge is 0.319 e. The quantitative estimate of drug-likeness (QED) is 0.633. The number of nitrogens with zero attached hydrogens (tertiary/aromatic N) is 2. The van der Waals surface area contributed by atoms with E-state index in [-0.39, 0.29) is 12.5 Å². The zero-order chi connectivity index (χ0) is 12.0. The molecule has 16 heavy (non-hydrogen) atoms. The molecule has 0 saturated heterocycles. The van der Waals surface area contributed by atoms with Gasteiger partial charge in [-0.05, 0) is 6.42 Å². The summed E-state index contributed by atoms with van der Waals surface area (Å²) in [5, 5.41) is 17.4. The minimum Gasteiger partial charge on any atom is -0.481 e. The Hall–Kier alpha value is -2.05. The van der Waals surface area contributed by atoms with Crippen molar-refractivity contribution in [3.8, 4) is 0 Å². The van der Waals surface area contributed by atoms with Gasteiger partial charge >= 0.3 is 12.0 Å². The molecule has 0 unspecified atom stereocenters. The highest BCUT2D eigenvalue weighted by atomic mass is 16.4. The lowest BCUT2D eigenvalue weighted by Gasteiger charge is -2.04. The van der Waals surface area contributed by atoms with E-state index in [1.807, 2.05) is 0 Å². The summed E-state index contributed by atoms with van der Waals surface area (Å²) in [5.41, 5.74) is 0.596. The normalized spacial score (nSPS) is 9.81. The van der Waals surface area contributed by atoms with Crippen LogP contribution in [0.3, 0.4) is 0 Å². The minimum absolute atomic E-state index is 0.0488. The van der Waals surface area contributed by atoms with Crippen LogP contribution in [0.25, 0.3) is 0 Å². The van der Waals surface area contributed by atoms with Gasteiger partial charge < -0.3 is 15.7 Å². The van der Waals surface area contributed by atoms with E-state index in [1.54, 1.807) is 17.9 Å². The average molecular weight is 226 g/mol. The predicted molar refractivity (Wildman–Crippen MR) is 57.1 cm³/mol. The Morgan fingerprint density at radius 2 is 2.31 bits per heavy atom. The van der Waals surface area contributed by atoms with Crippen molar-refractivity contribution < 1.29 is 14.7 Å². The number of urea groups is 1. The van der Waals surface area contributed by atoms with Crippen LogP contribution in [0.1, 0.15) is 12.8 Å². The minimum atomic E-state index is -0.866. The predicted octanol–water partition coefficient (Wildman–Crippen LogP) is 0.406.